The number of H-pyrrole nitrogens is 2. The standard InChI is InChI=1S/C20H24N2O4/c1-4-10-26-19(24)17-15(13-8-6-12(5-2)7-9-13)16-14(11-20(17,3)25)21-22-18(16)23/h4,6-9,15,17,25H,1,5,10-11H2,2-3H3,(H2,21,22,23)/t15-,17+,20-/m1/s1. The Morgan fingerprint density at radius 2 is 2.08 bits per heavy atom. The number of aliphatic hydroxyl groups is 1. The Kier molecular flexibility index (Phi) is 4.87. The van der Waals surface area contributed by atoms with E-state index >= 15 is 0 Å². The molecule has 0 unspecified atom stereocenters. The molecule has 1 heterocycles. The number of nitrogens with one attached hydrogen (secondary N) is 2. The first-order valence-electron chi connectivity index (χ1n) is 8.77. The van der Waals surface area contributed by atoms with Crippen LogP contribution in [0.5, 0.6) is 0 Å². The van der Waals surface area contributed by atoms with Crippen LogP contribution in [-0.4, -0.2) is 33.5 Å². The summed E-state index contributed by atoms with van der Waals surface area (Å²) in [5, 5.41) is 16.5. The first-order chi connectivity index (χ1) is 12.4. The Morgan fingerprint density at radius 1 is 1.38 bits per heavy atom. The maximum absolute atomic E-state index is 12.8. The van der Waals surface area contributed by atoms with Crippen LogP contribution < -0.4 is 5.56 Å². The van der Waals surface area contributed by atoms with Crippen LogP contribution in [0, 0.1) is 5.92 Å². The van der Waals surface area contributed by atoms with Crippen LogP contribution in [-0.2, 0) is 22.4 Å². The van der Waals surface area contributed by atoms with Crippen molar-refractivity contribution in [2.45, 2.75) is 38.2 Å². The molecule has 0 aliphatic heterocycles. The molecule has 0 amide bonds. The van der Waals surface area contributed by atoms with Crippen molar-refractivity contribution in [2.75, 3.05) is 6.61 Å². The number of hydrogen-bond donors (Lipinski definition) is 3. The minimum absolute atomic E-state index is 0.0588. The maximum Gasteiger partial charge on any atom is 0.313 e. The third-order valence-electron chi connectivity index (χ3n) is 5.09. The van der Waals surface area contributed by atoms with Crippen LogP contribution in [0.15, 0.2) is 41.7 Å². The fourth-order valence-electron chi connectivity index (χ4n) is 3.81. The summed E-state index contributed by atoms with van der Waals surface area (Å²) in [6.45, 7) is 7.28. The molecule has 3 atom stereocenters. The second-order valence-electron chi connectivity index (χ2n) is 6.97. The molecule has 26 heavy (non-hydrogen) atoms. The zero-order chi connectivity index (χ0) is 18.9. The van der Waals surface area contributed by atoms with Crippen molar-refractivity contribution in [1.29, 1.82) is 0 Å². The second kappa shape index (κ2) is 6.96. The number of fused-ring (bicyclic) bond motifs is 1. The summed E-state index contributed by atoms with van der Waals surface area (Å²) in [7, 11) is 0. The molecule has 0 spiro atoms. The Hall–Kier alpha value is -2.60. The van der Waals surface area contributed by atoms with Crippen molar-refractivity contribution >= 4 is 5.97 Å². The lowest BCUT2D eigenvalue weighted by atomic mass is 9.66. The smallest absolute Gasteiger partial charge is 0.313 e. The van der Waals surface area contributed by atoms with Gasteiger partial charge in [0.25, 0.3) is 5.56 Å². The molecule has 6 nitrogen and oxygen atoms in total. The summed E-state index contributed by atoms with van der Waals surface area (Å²) < 4.78 is 5.25. The molecule has 0 saturated carbocycles. The van der Waals surface area contributed by atoms with E-state index in [2.05, 4.69) is 23.7 Å². The molecule has 0 fully saturated rings. The lowest BCUT2D eigenvalue weighted by Gasteiger charge is -2.40. The fourth-order valence-corrected chi connectivity index (χ4v) is 3.81. The molecule has 0 radical (unpaired) electrons. The topological polar surface area (TPSA) is 95.2 Å². The van der Waals surface area contributed by atoms with Crippen LogP contribution in [0.2, 0.25) is 0 Å². The summed E-state index contributed by atoms with van der Waals surface area (Å²) in [5.41, 5.74) is 1.43. The number of benzene rings is 1. The number of ether oxygens (including phenoxy) is 1. The van der Waals surface area contributed by atoms with Crippen molar-refractivity contribution < 1.29 is 14.6 Å². The zero-order valence-corrected chi connectivity index (χ0v) is 15.0. The average Bonchev–Trinajstić information content (AvgIpc) is 2.97. The summed E-state index contributed by atoms with van der Waals surface area (Å²) in [5.74, 6) is -2.02. The summed E-state index contributed by atoms with van der Waals surface area (Å²) in [6, 6.07) is 7.78. The molecule has 1 aliphatic carbocycles. The van der Waals surface area contributed by atoms with Gasteiger partial charge < -0.3 is 14.9 Å². The number of rotatable bonds is 5. The molecule has 0 bridgehead atoms. The quantitative estimate of drug-likeness (QED) is 0.564. The van der Waals surface area contributed by atoms with Gasteiger partial charge in [0.15, 0.2) is 0 Å². The SMILES string of the molecule is C=CCOC(=O)[C@@H]1[C@H](c2ccc(CC)cc2)c2c([nH][nH]c2=O)C[C@@]1(C)O. The van der Waals surface area contributed by atoms with E-state index in [9.17, 15) is 14.7 Å². The number of esters is 1. The molecular weight excluding hydrogens is 332 g/mol. The Labute approximate surface area is 151 Å². The van der Waals surface area contributed by atoms with Gasteiger partial charge >= 0.3 is 5.97 Å². The molecule has 138 valence electrons. The van der Waals surface area contributed by atoms with Gasteiger partial charge in [-0.25, -0.2) is 0 Å². The number of aryl methyl sites for hydroxylation is 1. The highest BCUT2D eigenvalue weighted by Gasteiger charge is 2.51. The molecule has 1 aliphatic rings. The number of carbonyl (C=O) groups excluding carboxylic acids is 1. The minimum Gasteiger partial charge on any atom is -0.461 e. The van der Waals surface area contributed by atoms with Crippen LogP contribution in [0.25, 0.3) is 0 Å². The van der Waals surface area contributed by atoms with Crippen LogP contribution >= 0.6 is 0 Å². The lowest BCUT2D eigenvalue weighted by Crippen LogP contribution is -2.50. The van der Waals surface area contributed by atoms with Crippen LogP contribution in [0.4, 0.5) is 0 Å². The van der Waals surface area contributed by atoms with Gasteiger partial charge in [0.1, 0.15) is 6.61 Å². The zero-order valence-electron chi connectivity index (χ0n) is 15.0. The van der Waals surface area contributed by atoms with E-state index in [0.29, 0.717) is 11.3 Å². The van der Waals surface area contributed by atoms with Gasteiger partial charge in [0.05, 0.1) is 11.5 Å². The summed E-state index contributed by atoms with van der Waals surface area (Å²) in [6.07, 6.45) is 2.54. The first-order valence-corrected chi connectivity index (χ1v) is 8.77. The number of carbonyl (C=O) groups is 1. The van der Waals surface area contributed by atoms with E-state index < -0.39 is 23.4 Å². The molecule has 1 aromatic heterocycles. The average molecular weight is 356 g/mol. The molecule has 3 N–H and O–H groups in total. The van der Waals surface area contributed by atoms with E-state index in [0.717, 1.165) is 17.5 Å². The molecule has 3 rings (SSSR count). The van der Waals surface area contributed by atoms with E-state index in [1.165, 1.54) is 6.08 Å². The highest BCUT2D eigenvalue weighted by Crippen LogP contribution is 2.44. The Bertz CT molecular complexity index is 861. The van der Waals surface area contributed by atoms with Gasteiger partial charge in [-0.15, -0.1) is 0 Å². The minimum atomic E-state index is -1.36. The second-order valence-corrected chi connectivity index (χ2v) is 6.97. The van der Waals surface area contributed by atoms with Crippen LogP contribution in [0.3, 0.4) is 0 Å². The molecule has 0 saturated heterocycles. The van der Waals surface area contributed by atoms with E-state index in [-0.39, 0.29) is 18.6 Å². The largest absolute Gasteiger partial charge is 0.461 e. The van der Waals surface area contributed by atoms with Crippen LogP contribution in [0.1, 0.15) is 42.1 Å². The van der Waals surface area contributed by atoms with Gasteiger partial charge in [0.2, 0.25) is 0 Å². The number of hydrogen-bond acceptors (Lipinski definition) is 4. The predicted octanol–water partition coefficient (Wildman–Crippen LogP) is 2.05. The van der Waals surface area contributed by atoms with E-state index in [1.54, 1.807) is 6.92 Å². The van der Waals surface area contributed by atoms with Crippen molar-refractivity contribution in [3.8, 4) is 0 Å². The van der Waals surface area contributed by atoms with Gasteiger partial charge in [-0.05, 0) is 24.5 Å². The van der Waals surface area contributed by atoms with Gasteiger partial charge in [-0.3, -0.25) is 14.7 Å². The summed E-state index contributed by atoms with van der Waals surface area (Å²) >= 11 is 0. The third kappa shape index (κ3) is 3.12. The normalized spacial score (nSPS) is 24.7. The lowest BCUT2D eigenvalue weighted by molar-refractivity contribution is -0.158. The van der Waals surface area contributed by atoms with Crippen molar-refractivity contribution in [2.24, 2.45) is 5.92 Å². The monoisotopic (exact) mass is 356 g/mol. The maximum atomic E-state index is 12.8. The summed E-state index contributed by atoms with van der Waals surface area (Å²) in [4.78, 5) is 25.2. The molecule has 2 aromatic rings. The van der Waals surface area contributed by atoms with Gasteiger partial charge in [-0.2, -0.15) is 0 Å². The highest BCUT2D eigenvalue weighted by atomic mass is 16.5. The van der Waals surface area contributed by atoms with E-state index in [4.69, 9.17) is 4.74 Å². The van der Waals surface area contributed by atoms with Crippen molar-refractivity contribution in [3.63, 3.8) is 0 Å². The Balaban J connectivity index is 2.14. The first kappa shape index (κ1) is 18.2. The molecule has 6 heteroatoms. The molecule has 1 aromatic carbocycles. The highest BCUT2D eigenvalue weighted by molar-refractivity contribution is 5.77. The van der Waals surface area contributed by atoms with Crippen molar-refractivity contribution in [3.05, 3.63) is 69.7 Å². The third-order valence-corrected chi connectivity index (χ3v) is 5.09. The number of aromatic nitrogens is 2. The van der Waals surface area contributed by atoms with Gasteiger partial charge in [0, 0.05) is 23.6 Å². The van der Waals surface area contributed by atoms with Crippen molar-refractivity contribution in [1.82, 2.24) is 10.2 Å². The Morgan fingerprint density at radius 3 is 2.69 bits per heavy atom. The fraction of sp³-hybridized carbons (Fsp3) is 0.400. The van der Waals surface area contributed by atoms with Gasteiger partial charge in [-0.1, -0.05) is 43.8 Å². The predicted molar refractivity (Wildman–Crippen MR) is 98.1 cm³/mol. The number of aromatic amines is 2. The van der Waals surface area contributed by atoms with E-state index in [1.807, 2.05) is 24.3 Å². The molecular formula is C20H24N2O4.